The number of hydrogen-bond donors (Lipinski definition) is 1. The molecule has 2 aromatic rings. The Morgan fingerprint density at radius 3 is 2.68 bits per heavy atom. The molecule has 1 aliphatic carbocycles. The van der Waals surface area contributed by atoms with Gasteiger partial charge < -0.3 is 5.32 Å². The van der Waals surface area contributed by atoms with E-state index < -0.39 is 0 Å². The molecule has 4 nitrogen and oxygen atoms in total. The lowest BCUT2D eigenvalue weighted by Crippen LogP contribution is -2.64. The summed E-state index contributed by atoms with van der Waals surface area (Å²) in [6.07, 6.45) is 16.0. The number of hydrogen-bond acceptors (Lipinski definition) is 4. The lowest BCUT2D eigenvalue weighted by molar-refractivity contribution is 0.0136. The molecule has 160 valence electrons. The van der Waals surface area contributed by atoms with Crippen LogP contribution in [0.1, 0.15) is 41.6 Å². The summed E-state index contributed by atoms with van der Waals surface area (Å²) in [7, 11) is 0. The van der Waals surface area contributed by atoms with Crippen molar-refractivity contribution in [3.05, 3.63) is 83.1 Å². The lowest BCUT2D eigenvalue weighted by Gasteiger charge is -2.51. The van der Waals surface area contributed by atoms with E-state index in [-0.39, 0.29) is 11.9 Å². The Bertz CT molecular complexity index is 962. The van der Waals surface area contributed by atoms with Crippen LogP contribution in [0.2, 0.25) is 0 Å². The minimum absolute atomic E-state index is 0.0447. The van der Waals surface area contributed by atoms with E-state index in [9.17, 15) is 4.79 Å². The molecule has 5 heteroatoms. The quantitative estimate of drug-likeness (QED) is 0.711. The fourth-order valence-corrected chi connectivity index (χ4v) is 6.00. The van der Waals surface area contributed by atoms with Crippen molar-refractivity contribution >= 4 is 17.7 Å². The molecule has 3 aliphatic heterocycles. The summed E-state index contributed by atoms with van der Waals surface area (Å²) < 4.78 is 0. The van der Waals surface area contributed by atoms with Gasteiger partial charge in [-0.1, -0.05) is 36.1 Å². The lowest BCUT2D eigenvalue weighted by atomic mass is 9.76. The topological polar surface area (TPSA) is 45.2 Å². The second kappa shape index (κ2) is 9.41. The van der Waals surface area contributed by atoms with Crippen LogP contribution in [0.15, 0.2) is 76.8 Å². The third-order valence-electron chi connectivity index (χ3n) is 6.74. The third kappa shape index (κ3) is 4.78. The first-order valence-corrected chi connectivity index (χ1v) is 12.2. The standard InChI is InChI=1S/C26H29N3OS/c30-26(21-8-10-23(11-9-21)31-22-6-2-1-3-7-22)28-25-20-12-15-29(16-13-20)24(25)17-19-5-4-14-27-18-19/h2,4-11,14,18,20,24-25H,1,3,12-13,15-17H2,(H,28,30). The Labute approximate surface area is 188 Å². The van der Waals surface area contributed by atoms with Crippen LogP contribution in [0, 0.1) is 5.92 Å². The molecule has 0 radical (unpaired) electrons. The maximum atomic E-state index is 13.1. The second-order valence-corrected chi connectivity index (χ2v) is 9.86. The highest BCUT2D eigenvalue weighted by Crippen LogP contribution is 2.34. The van der Waals surface area contributed by atoms with Gasteiger partial charge in [0.15, 0.2) is 0 Å². The van der Waals surface area contributed by atoms with Crippen LogP contribution in [0.5, 0.6) is 0 Å². The number of nitrogens with zero attached hydrogens (tertiary/aromatic N) is 2. The molecular weight excluding hydrogens is 402 g/mol. The summed E-state index contributed by atoms with van der Waals surface area (Å²) in [6.45, 7) is 2.27. The second-order valence-electron chi connectivity index (χ2n) is 8.72. The number of thioether (sulfide) groups is 1. The SMILES string of the molecule is O=C(NC1C2CCN(CC2)C1Cc1cccnc1)c1ccc(SC2=CCCC=C2)cc1. The van der Waals surface area contributed by atoms with Crippen molar-refractivity contribution in [2.24, 2.45) is 5.92 Å². The van der Waals surface area contributed by atoms with Gasteiger partial charge in [-0.15, -0.1) is 0 Å². The van der Waals surface area contributed by atoms with Gasteiger partial charge >= 0.3 is 0 Å². The van der Waals surface area contributed by atoms with E-state index in [0.29, 0.717) is 12.0 Å². The van der Waals surface area contributed by atoms with Crippen LogP contribution in [-0.4, -0.2) is 41.0 Å². The van der Waals surface area contributed by atoms with Gasteiger partial charge in [0.1, 0.15) is 0 Å². The molecular formula is C26H29N3OS. The number of carbonyl (C=O) groups is 1. The minimum Gasteiger partial charge on any atom is -0.347 e. The van der Waals surface area contributed by atoms with E-state index in [1.54, 1.807) is 11.8 Å². The number of aromatic nitrogens is 1. The smallest absolute Gasteiger partial charge is 0.251 e. The van der Waals surface area contributed by atoms with Crippen LogP contribution in [0.25, 0.3) is 0 Å². The van der Waals surface area contributed by atoms with Gasteiger partial charge in [0.05, 0.1) is 0 Å². The van der Waals surface area contributed by atoms with Crippen molar-refractivity contribution < 1.29 is 4.79 Å². The number of amides is 1. The predicted octanol–water partition coefficient (Wildman–Crippen LogP) is 4.84. The van der Waals surface area contributed by atoms with Gasteiger partial charge in [-0.25, -0.2) is 0 Å². The number of pyridine rings is 1. The summed E-state index contributed by atoms with van der Waals surface area (Å²) in [4.78, 5) is 22.4. The zero-order valence-electron chi connectivity index (χ0n) is 17.7. The molecule has 1 aromatic carbocycles. The molecule has 2 unspecified atom stereocenters. The van der Waals surface area contributed by atoms with Crippen molar-refractivity contribution in [2.45, 2.75) is 49.1 Å². The van der Waals surface area contributed by atoms with Crippen LogP contribution < -0.4 is 5.32 Å². The van der Waals surface area contributed by atoms with E-state index in [1.165, 1.54) is 28.2 Å². The highest BCUT2D eigenvalue weighted by molar-refractivity contribution is 8.03. The van der Waals surface area contributed by atoms with Gasteiger partial charge in [0, 0.05) is 39.8 Å². The fraction of sp³-hybridized carbons (Fsp3) is 0.385. The average molecular weight is 432 g/mol. The molecule has 0 spiro atoms. The number of piperidine rings is 3. The van der Waals surface area contributed by atoms with E-state index in [1.807, 2.05) is 30.6 Å². The first kappa shape index (κ1) is 20.5. The van der Waals surface area contributed by atoms with Gasteiger partial charge in [0.2, 0.25) is 0 Å². The Morgan fingerprint density at radius 1 is 1.13 bits per heavy atom. The van der Waals surface area contributed by atoms with Gasteiger partial charge in [-0.05, 0) is 87.0 Å². The summed E-state index contributed by atoms with van der Waals surface area (Å²) in [5.41, 5.74) is 1.99. The largest absolute Gasteiger partial charge is 0.347 e. The highest BCUT2D eigenvalue weighted by Gasteiger charge is 2.42. The summed E-state index contributed by atoms with van der Waals surface area (Å²) in [5.74, 6) is 0.610. The van der Waals surface area contributed by atoms with E-state index >= 15 is 0 Å². The van der Waals surface area contributed by atoms with Gasteiger partial charge in [-0.2, -0.15) is 0 Å². The summed E-state index contributed by atoms with van der Waals surface area (Å²) in [5, 5.41) is 3.41. The molecule has 1 aromatic heterocycles. The van der Waals surface area contributed by atoms with Gasteiger partial charge in [0.25, 0.3) is 5.91 Å². The molecule has 4 heterocycles. The Morgan fingerprint density at radius 2 is 1.97 bits per heavy atom. The van der Waals surface area contributed by atoms with Crippen molar-refractivity contribution in [3.63, 3.8) is 0 Å². The molecule has 4 aliphatic rings. The molecule has 2 atom stereocenters. The number of allylic oxidation sites excluding steroid dienone is 3. The molecule has 3 saturated heterocycles. The molecule has 2 bridgehead atoms. The number of rotatable bonds is 6. The third-order valence-corrected chi connectivity index (χ3v) is 7.79. The zero-order chi connectivity index (χ0) is 21.0. The van der Waals surface area contributed by atoms with E-state index in [4.69, 9.17) is 0 Å². The maximum Gasteiger partial charge on any atom is 0.251 e. The van der Waals surface area contributed by atoms with Crippen LogP contribution >= 0.6 is 11.8 Å². The number of carbonyl (C=O) groups excluding carboxylic acids is 1. The van der Waals surface area contributed by atoms with Crippen LogP contribution in [0.4, 0.5) is 0 Å². The van der Waals surface area contributed by atoms with E-state index in [0.717, 1.165) is 37.9 Å². The van der Waals surface area contributed by atoms with Crippen molar-refractivity contribution in [1.29, 1.82) is 0 Å². The summed E-state index contributed by atoms with van der Waals surface area (Å²) in [6, 6.07) is 12.7. The van der Waals surface area contributed by atoms with Crippen LogP contribution in [-0.2, 0) is 6.42 Å². The molecule has 31 heavy (non-hydrogen) atoms. The fourth-order valence-electron chi connectivity index (χ4n) is 5.09. The van der Waals surface area contributed by atoms with Gasteiger partial charge in [-0.3, -0.25) is 14.7 Å². The average Bonchev–Trinajstić information content (AvgIpc) is 2.83. The molecule has 3 fully saturated rings. The zero-order valence-corrected chi connectivity index (χ0v) is 18.6. The Balaban J connectivity index is 1.26. The van der Waals surface area contributed by atoms with Crippen molar-refractivity contribution in [1.82, 2.24) is 15.2 Å². The number of benzene rings is 1. The highest BCUT2D eigenvalue weighted by atomic mass is 32.2. The van der Waals surface area contributed by atoms with Crippen LogP contribution in [0.3, 0.4) is 0 Å². The Hall–Kier alpha value is -2.37. The van der Waals surface area contributed by atoms with Crippen molar-refractivity contribution in [3.8, 4) is 0 Å². The Kier molecular flexibility index (Phi) is 6.23. The molecule has 6 rings (SSSR count). The normalized spacial score (nSPS) is 27.0. The first-order valence-electron chi connectivity index (χ1n) is 11.3. The van der Waals surface area contributed by atoms with E-state index in [2.05, 4.69) is 51.6 Å². The van der Waals surface area contributed by atoms with Crippen molar-refractivity contribution in [2.75, 3.05) is 13.1 Å². The maximum absolute atomic E-state index is 13.1. The summed E-state index contributed by atoms with van der Waals surface area (Å²) >= 11 is 1.76. The monoisotopic (exact) mass is 431 g/mol. The minimum atomic E-state index is 0.0447. The number of nitrogens with one attached hydrogen (secondary N) is 1. The molecule has 1 amide bonds. The number of fused-ring (bicyclic) bond motifs is 3. The first-order chi connectivity index (χ1) is 15.3. The molecule has 0 saturated carbocycles. The predicted molar refractivity (Wildman–Crippen MR) is 126 cm³/mol. The molecule has 1 N–H and O–H groups in total.